The molecule has 17 heavy (non-hydrogen) atoms. The van der Waals surface area contributed by atoms with Crippen LogP contribution in [0.25, 0.3) is 0 Å². The van der Waals surface area contributed by atoms with Crippen molar-refractivity contribution in [1.82, 2.24) is 10.1 Å². The van der Waals surface area contributed by atoms with Crippen molar-refractivity contribution in [3.8, 4) is 0 Å². The molecule has 5 nitrogen and oxygen atoms in total. The van der Waals surface area contributed by atoms with E-state index in [1.165, 1.54) is 6.42 Å². The van der Waals surface area contributed by atoms with Gasteiger partial charge in [-0.1, -0.05) is 11.6 Å². The van der Waals surface area contributed by atoms with Crippen molar-refractivity contribution in [2.45, 2.75) is 56.1 Å². The minimum absolute atomic E-state index is 0.170. The molecule has 3 rings (SSSR count). The maximum absolute atomic E-state index is 6.05. The number of nitrogens with two attached hydrogens (primary N) is 1. The van der Waals surface area contributed by atoms with E-state index in [9.17, 15) is 0 Å². The Morgan fingerprint density at radius 3 is 2.71 bits per heavy atom. The summed E-state index contributed by atoms with van der Waals surface area (Å²) >= 11 is 0. The predicted octanol–water partition coefficient (Wildman–Crippen LogP) is 1.69. The number of ether oxygens (including phenoxy) is 1. The van der Waals surface area contributed by atoms with Crippen molar-refractivity contribution in [1.29, 1.82) is 0 Å². The summed E-state index contributed by atoms with van der Waals surface area (Å²) in [4.78, 5) is 4.52. The highest BCUT2D eigenvalue weighted by Gasteiger charge is 2.44. The molecule has 2 unspecified atom stereocenters. The molecule has 2 atom stereocenters. The molecular formula is C12H19N3O2. The molecule has 2 fully saturated rings. The molecule has 0 aromatic carbocycles. The molecule has 5 heteroatoms. The van der Waals surface area contributed by atoms with Gasteiger partial charge < -0.3 is 15.0 Å². The van der Waals surface area contributed by atoms with Gasteiger partial charge in [0, 0.05) is 13.2 Å². The first-order valence-corrected chi connectivity index (χ1v) is 6.40. The van der Waals surface area contributed by atoms with Gasteiger partial charge in [0.1, 0.15) is 5.60 Å². The highest BCUT2D eigenvalue weighted by molar-refractivity contribution is 5.09. The van der Waals surface area contributed by atoms with Gasteiger partial charge >= 0.3 is 0 Å². The molecule has 0 spiro atoms. The Kier molecular flexibility index (Phi) is 2.67. The highest BCUT2D eigenvalue weighted by atomic mass is 16.5. The molecule has 0 aliphatic heterocycles. The summed E-state index contributed by atoms with van der Waals surface area (Å²) in [6.07, 6.45) is 6.40. The lowest BCUT2D eigenvalue weighted by molar-refractivity contribution is -0.0858. The van der Waals surface area contributed by atoms with Crippen LogP contribution in [0.2, 0.25) is 0 Å². The van der Waals surface area contributed by atoms with Gasteiger partial charge in [-0.15, -0.1) is 0 Å². The van der Waals surface area contributed by atoms with Crippen LogP contribution in [0.3, 0.4) is 0 Å². The average molecular weight is 237 g/mol. The zero-order valence-corrected chi connectivity index (χ0v) is 10.2. The minimum Gasteiger partial charge on any atom is -0.370 e. The summed E-state index contributed by atoms with van der Waals surface area (Å²) in [6, 6.07) is 0.170. The molecule has 1 heterocycles. The van der Waals surface area contributed by atoms with E-state index in [2.05, 4.69) is 10.1 Å². The summed E-state index contributed by atoms with van der Waals surface area (Å²) in [5, 5.41) is 4.09. The average Bonchev–Trinajstić information content (AvgIpc) is 2.86. The number of aromatic nitrogens is 2. The molecular weight excluding hydrogens is 218 g/mol. The summed E-state index contributed by atoms with van der Waals surface area (Å²) in [7, 11) is 1.72. The second kappa shape index (κ2) is 4.07. The van der Waals surface area contributed by atoms with E-state index < -0.39 is 0 Å². The van der Waals surface area contributed by atoms with Gasteiger partial charge in [0.2, 0.25) is 11.7 Å². The minimum atomic E-state index is -0.287. The van der Waals surface area contributed by atoms with Crippen molar-refractivity contribution in [2.75, 3.05) is 7.11 Å². The third-order valence-corrected chi connectivity index (χ3v) is 4.29. The van der Waals surface area contributed by atoms with Crippen molar-refractivity contribution in [3.05, 3.63) is 11.7 Å². The van der Waals surface area contributed by atoms with Gasteiger partial charge in [-0.3, -0.25) is 0 Å². The smallest absolute Gasteiger partial charge is 0.231 e. The summed E-state index contributed by atoms with van der Waals surface area (Å²) < 4.78 is 10.9. The third kappa shape index (κ3) is 1.68. The van der Waals surface area contributed by atoms with E-state index in [-0.39, 0.29) is 17.6 Å². The monoisotopic (exact) mass is 237 g/mol. The van der Waals surface area contributed by atoms with Gasteiger partial charge in [0.15, 0.2) is 0 Å². The molecule has 0 bridgehead atoms. The standard InChI is InChI=1S/C12H19N3O2/c1-16-12(6-3-7-12)11-14-10(17-15-11)8-4-2-5-9(8)13/h8-9H,2-7,13H2,1H3. The van der Waals surface area contributed by atoms with E-state index in [0.717, 1.165) is 32.1 Å². The number of nitrogens with zero attached hydrogens (tertiary/aromatic N) is 2. The Labute approximate surface area is 101 Å². The Hall–Kier alpha value is -0.940. The van der Waals surface area contributed by atoms with Crippen LogP contribution in [0.1, 0.15) is 56.2 Å². The molecule has 0 amide bonds. The lowest BCUT2D eigenvalue weighted by atomic mass is 9.79. The number of methoxy groups -OCH3 is 1. The first kappa shape index (κ1) is 11.2. The van der Waals surface area contributed by atoms with Crippen LogP contribution < -0.4 is 5.73 Å². The van der Waals surface area contributed by atoms with Crippen molar-refractivity contribution < 1.29 is 9.26 Å². The molecule has 94 valence electrons. The Balaban J connectivity index is 1.82. The van der Waals surface area contributed by atoms with Crippen LogP contribution >= 0.6 is 0 Å². The fraction of sp³-hybridized carbons (Fsp3) is 0.833. The van der Waals surface area contributed by atoms with Crippen LogP contribution in [0, 0.1) is 0 Å². The van der Waals surface area contributed by atoms with Crippen molar-refractivity contribution in [2.24, 2.45) is 5.73 Å². The quantitative estimate of drug-likeness (QED) is 0.865. The Bertz CT molecular complexity index is 395. The Morgan fingerprint density at radius 1 is 1.35 bits per heavy atom. The molecule has 1 aromatic heterocycles. The molecule has 2 aliphatic rings. The second-order valence-corrected chi connectivity index (χ2v) is 5.21. The van der Waals surface area contributed by atoms with Gasteiger partial charge in [0.25, 0.3) is 0 Å². The van der Waals surface area contributed by atoms with Crippen LogP contribution in [0.4, 0.5) is 0 Å². The number of hydrogen-bond donors (Lipinski definition) is 1. The molecule has 2 aliphatic carbocycles. The lowest BCUT2D eigenvalue weighted by Crippen LogP contribution is -2.37. The molecule has 0 saturated heterocycles. The van der Waals surface area contributed by atoms with E-state index in [4.69, 9.17) is 15.0 Å². The summed E-state index contributed by atoms with van der Waals surface area (Å²) in [5.41, 5.74) is 5.76. The van der Waals surface area contributed by atoms with Crippen LogP contribution in [-0.2, 0) is 10.3 Å². The first-order valence-electron chi connectivity index (χ1n) is 6.40. The van der Waals surface area contributed by atoms with Crippen LogP contribution in [0.15, 0.2) is 4.52 Å². The van der Waals surface area contributed by atoms with Crippen molar-refractivity contribution in [3.63, 3.8) is 0 Å². The predicted molar refractivity (Wildman–Crippen MR) is 61.4 cm³/mol. The second-order valence-electron chi connectivity index (χ2n) is 5.21. The van der Waals surface area contributed by atoms with Gasteiger partial charge in [0.05, 0.1) is 5.92 Å². The molecule has 1 aromatic rings. The van der Waals surface area contributed by atoms with Gasteiger partial charge in [-0.05, 0) is 32.1 Å². The Morgan fingerprint density at radius 2 is 2.18 bits per heavy atom. The highest BCUT2D eigenvalue weighted by Crippen LogP contribution is 2.43. The largest absolute Gasteiger partial charge is 0.370 e. The molecule has 2 saturated carbocycles. The van der Waals surface area contributed by atoms with E-state index in [0.29, 0.717) is 11.7 Å². The summed E-state index contributed by atoms with van der Waals surface area (Å²) in [5.74, 6) is 1.65. The lowest BCUT2D eigenvalue weighted by Gasteiger charge is -2.37. The maximum Gasteiger partial charge on any atom is 0.231 e. The first-order chi connectivity index (χ1) is 8.25. The third-order valence-electron chi connectivity index (χ3n) is 4.29. The van der Waals surface area contributed by atoms with Crippen molar-refractivity contribution >= 4 is 0 Å². The van der Waals surface area contributed by atoms with Gasteiger partial charge in [-0.2, -0.15) is 4.98 Å². The molecule has 2 N–H and O–H groups in total. The van der Waals surface area contributed by atoms with E-state index >= 15 is 0 Å². The number of rotatable bonds is 3. The normalized spacial score (nSPS) is 31.4. The zero-order chi connectivity index (χ0) is 11.9. The zero-order valence-electron chi connectivity index (χ0n) is 10.2. The SMILES string of the molecule is COC1(c2noc(C3CCCC3N)n2)CCC1. The fourth-order valence-corrected chi connectivity index (χ4v) is 2.88. The van der Waals surface area contributed by atoms with E-state index in [1.54, 1.807) is 7.11 Å². The van der Waals surface area contributed by atoms with Crippen LogP contribution in [-0.4, -0.2) is 23.3 Å². The van der Waals surface area contributed by atoms with Gasteiger partial charge in [-0.25, -0.2) is 0 Å². The summed E-state index contributed by atoms with van der Waals surface area (Å²) in [6.45, 7) is 0. The van der Waals surface area contributed by atoms with E-state index in [1.807, 2.05) is 0 Å². The maximum atomic E-state index is 6.05. The molecule has 0 radical (unpaired) electrons. The fourth-order valence-electron chi connectivity index (χ4n) is 2.88. The topological polar surface area (TPSA) is 74.2 Å². The van der Waals surface area contributed by atoms with Crippen LogP contribution in [0.5, 0.6) is 0 Å². The number of hydrogen-bond acceptors (Lipinski definition) is 5.